The van der Waals surface area contributed by atoms with E-state index in [1.54, 1.807) is 12.2 Å². The van der Waals surface area contributed by atoms with Crippen LogP contribution in [0, 0.1) is 0 Å². The van der Waals surface area contributed by atoms with Crippen molar-refractivity contribution in [1.82, 2.24) is 5.32 Å². The highest BCUT2D eigenvalue weighted by atomic mass is 16.3. The molecule has 0 radical (unpaired) electrons. The molecule has 0 aliphatic heterocycles. The number of hydrogen-bond donors (Lipinski definition) is 4. The molecule has 5 heteroatoms. The van der Waals surface area contributed by atoms with Crippen LogP contribution >= 0.6 is 0 Å². The first-order valence-electron chi connectivity index (χ1n) is 4.58. The van der Waals surface area contributed by atoms with E-state index in [-0.39, 0.29) is 0 Å². The van der Waals surface area contributed by atoms with Crippen molar-refractivity contribution in [1.29, 1.82) is 0 Å². The highest BCUT2D eigenvalue weighted by Gasteiger charge is 2.28. The number of allylic oxidation sites excluding steroid dienone is 3. The number of nitrogens with one attached hydrogen (secondary N) is 1. The average Bonchev–Trinajstić information content (AvgIpc) is 2.26. The summed E-state index contributed by atoms with van der Waals surface area (Å²) in [5.41, 5.74) is -1.36. The van der Waals surface area contributed by atoms with E-state index in [0.29, 0.717) is 0 Å². The third-order valence-electron chi connectivity index (χ3n) is 1.85. The standard InChI is InChI=1S/C10H17NO4/c1-2-3-4-5-9(15)11-10(6-12,7-13)8-14/h2-5,12-14H,6-8H2,1H3,(H,11,15). The minimum atomic E-state index is -1.36. The van der Waals surface area contributed by atoms with Crippen LogP contribution in [0.2, 0.25) is 0 Å². The number of hydrogen-bond acceptors (Lipinski definition) is 4. The lowest BCUT2D eigenvalue weighted by molar-refractivity contribution is -0.120. The van der Waals surface area contributed by atoms with E-state index in [2.05, 4.69) is 5.32 Å². The quantitative estimate of drug-likeness (QED) is 0.336. The topological polar surface area (TPSA) is 89.8 Å². The lowest BCUT2D eigenvalue weighted by atomic mass is 10.0. The van der Waals surface area contributed by atoms with E-state index in [4.69, 9.17) is 15.3 Å². The molecule has 1 amide bonds. The van der Waals surface area contributed by atoms with Crippen LogP contribution in [0.25, 0.3) is 0 Å². The van der Waals surface area contributed by atoms with Gasteiger partial charge in [0.25, 0.3) is 0 Å². The summed E-state index contributed by atoms with van der Waals surface area (Å²) in [6, 6.07) is 0. The molecule has 0 aromatic rings. The van der Waals surface area contributed by atoms with Gasteiger partial charge < -0.3 is 20.6 Å². The van der Waals surface area contributed by atoms with Gasteiger partial charge in [-0.15, -0.1) is 0 Å². The van der Waals surface area contributed by atoms with Crippen molar-refractivity contribution in [3.05, 3.63) is 24.3 Å². The summed E-state index contributed by atoms with van der Waals surface area (Å²) in [6.07, 6.45) is 6.18. The molecular formula is C10H17NO4. The highest BCUT2D eigenvalue weighted by molar-refractivity contribution is 5.88. The van der Waals surface area contributed by atoms with Gasteiger partial charge >= 0.3 is 0 Å². The molecule has 0 saturated carbocycles. The first kappa shape index (κ1) is 13.8. The number of rotatable bonds is 6. The molecule has 4 N–H and O–H groups in total. The number of aliphatic hydroxyl groups is 3. The van der Waals surface area contributed by atoms with E-state index in [0.717, 1.165) is 0 Å². The number of carbonyl (C=O) groups is 1. The smallest absolute Gasteiger partial charge is 0.244 e. The van der Waals surface area contributed by atoms with Crippen molar-refractivity contribution in [3.63, 3.8) is 0 Å². The molecule has 0 heterocycles. The van der Waals surface area contributed by atoms with Crippen LogP contribution in [-0.4, -0.2) is 46.6 Å². The molecule has 0 rings (SSSR count). The van der Waals surface area contributed by atoms with Crippen molar-refractivity contribution in [2.24, 2.45) is 0 Å². The van der Waals surface area contributed by atoms with Gasteiger partial charge in [0.05, 0.1) is 19.8 Å². The molecule has 0 aromatic heterocycles. The van der Waals surface area contributed by atoms with Crippen LogP contribution in [0.5, 0.6) is 0 Å². The Morgan fingerprint density at radius 1 is 1.20 bits per heavy atom. The van der Waals surface area contributed by atoms with Crippen molar-refractivity contribution in [3.8, 4) is 0 Å². The zero-order valence-corrected chi connectivity index (χ0v) is 8.68. The minimum Gasteiger partial charge on any atom is -0.394 e. The predicted molar refractivity (Wildman–Crippen MR) is 56.1 cm³/mol. The minimum absolute atomic E-state index is 0.481. The predicted octanol–water partition coefficient (Wildman–Crippen LogP) is -1.05. The molecule has 0 aromatic carbocycles. The van der Waals surface area contributed by atoms with Crippen LogP contribution in [-0.2, 0) is 4.79 Å². The van der Waals surface area contributed by atoms with Gasteiger partial charge in [0.15, 0.2) is 0 Å². The van der Waals surface area contributed by atoms with Crippen molar-refractivity contribution in [2.75, 3.05) is 19.8 Å². The highest BCUT2D eigenvalue weighted by Crippen LogP contribution is 2.01. The van der Waals surface area contributed by atoms with Crippen LogP contribution in [0.1, 0.15) is 6.92 Å². The molecule has 0 atom stereocenters. The second kappa shape index (κ2) is 7.17. The molecule has 0 unspecified atom stereocenters. The van der Waals surface area contributed by atoms with Crippen molar-refractivity contribution >= 4 is 5.91 Å². The molecule has 0 bridgehead atoms. The van der Waals surface area contributed by atoms with Crippen molar-refractivity contribution < 1.29 is 20.1 Å². The summed E-state index contributed by atoms with van der Waals surface area (Å²) >= 11 is 0. The molecule has 0 aliphatic rings. The van der Waals surface area contributed by atoms with E-state index in [1.807, 2.05) is 6.92 Å². The van der Waals surface area contributed by atoms with Crippen LogP contribution < -0.4 is 5.32 Å². The van der Waals surface area contributed by atoms with Gasteiger partial charge in [-0.2, -0.15) is 0 Å². The van der Waals surface area contributed by atoms with Gasteiger partial charge in [0, 0.05) is 6.08 Å². The van der Waals surface area contributed by atoms with Gasteiger partial charge in [-0.3, -0.25) is 4.79 Å². The Bertz CT molecular complexity index is 236. The van der Waals surface area contributed by atoms with Gasteiger partial charge in [-0.1, -0.05) is 18.2 Å². The maximum absolute atomic E-state index is 11.2. The van der Waals surface area contributed by atoms with E-state index in [9.17, 15) is 4.79 Å². The molecule has 5 nitrogen and oxygen atoms in total. The third kappa shape index (κ3) is 4.73. The monoisotopic (exact) mass is 215 g/mol. The summed E-state index contributed by atoms with van der Waals surface area (Å²) in [5.74, 6) is -0.481. The normalized spacial score (nSPS) is 12.5. The first-order chi connectivity index (χ1) is 7.14. The fourth-order valence-corrected chi connectivity index (χ4v) is 0.826. The fraction of sp³-hybridized carbons (Fsp3) is 0.500. The number of aliphatic hydroxyl groups excluding tert-OH is 3. The number of amides is 1. The molecule has 0 fully saturated rings. The maximum atomic E-state index is 11.2. The van der Waals surface area contributed by atoms with Gasteiger partial charge in [-0.25, -0.2) is 0 Å². The Balaban J connectivity index is 4.35. The van der Waals surface area contributed by atoms with Crippen molar-refractivity contribution in [2.45, 2.75) is 12.5 Å². The average molecular weight is 215 g/mol. The lowest BCUT2D eigenvalue weighted by Crippen LogP contribution is -2.56. The zero-order chi connectivity index (χ0) is 11.7. The molecule has 0 spiro atoms. The van der Waals surface area contributed by atoms with Gasteiger partial charge in [0.2, 0.25) is 5.91 Å². The number of carbonyl (C=O) groups excluding carboxylic acids is 1. The molecule has 15 heavy (non-hydrogen) atoms. The van der Waals surface area contributed by atoms with E-state index < -0.39 is 31.3 Å². The largest absolute Gasteiger partial charge is 0.394 e. The zero-order valence-electron chi connectivity index (χ0n) is 8.68. The first-order valence-corrected chi connectivity index (χ1v) is 4.58. The van der Waals surface area contributed by atoms with Crippen LogP contribution in [0.15, 0.2) is 24.3 Å². The van der Waals surface area contributed by atoms with E-state index >= 15 is 0 Å². The fourth-order valence-electron chi connectivity index (χ4n) is 0.826. The Hall–Kier alpha value is -1.17. The SMILES string of the molecule is CC=CC=CC(=O)NC(CO)(CO)CO. The van der Waals surface area contributed by atoms with Gasteiger partial charge in [-0.05, 0) is 6.92 Å². The maximum Gasteiger partial charge on any atom is 0.244 e. The third-order valence-corrected chi connectivity index (χ3v) is 1.85. The van der Waals surface area contributed by atoms with Crippen LogP contribution in [0.3, 0.4) is 0 Å². The molecular weight excluding hydrogens is 198 g/mol. The second-order valence-corrected chi connectivity index (χ2v) is 3.13. The second-order valence-electron chi connectivity index (χ2n) is 3.13. The molecule has 0 aliphatic carbocycles. The summed E-state index contributed by atoms with van der Waals surface area (Å²) in [4.78, 5) is 11.2. The summed E-state index contributed by atoms with van der Waals surface area (Å²) in [6.45, 7) is 0.233. The summed E-state index contributed by atoms with van der Waals surface area (Å²) in [5, 5.41) is 29.1. The van der Waals surface area contributed by atoms with Crippen LogP contribution in [0.4, 0.5) is 0 Å². The lowest BCUT2D eigenvalue weighted by Gasteiger charge is -2.27. The Labute approximate surface area is 88.7 Å². The molecule has 86 valence electrons. The van der Waals surface area contributed by atoms with E-state index in [1.165, 1.54) is 12.2 Å². The summed E-state index contributed by atoms with van der Waals surface area (Å²) < 4.78 is 0. The Kier molecular flexibility index (Phi) is 6.61. The Morgan fingerprint density at radius 2 is 1.73 bits per heavy atom. The summed E-state index contributed by atoms with van der Waals surface area (Å²) in [7, 11) is 0. The Morgan fingerprint density at radius 3 is 2.13 bits per heavy atom. The van der Waals surface area contributed by atoms with Gasteiger partial charge in [0.1, 0.15) is 5.54 Å². The molecule has 0 saturated heterocycles.